The first-order chi connectivity index (χ1) is 4.10. The van der Waals surface area contributed by atoms with Crippen LogP contribution in [0.4, 0.5) is 0 Å². The summed E-state index contributed by atoms with van der Waals surface area (Å²) in [6.07, 6.45) is 3.53. The Morgan fingerprint density at radius 3 is 2.67 bits per heavy atom. The third kappa shape index (κ3) is 1.92. The second-order valence-corrected chi connectivity index (χ2v) is 4.27. The number of halogens is 1. The largest absolute Gasteiger partial charge is 0.258 e. The van der Waals surface area contributed by atoms with Gasteiger partial charge in [0.2, 0.25) is 0 Å². The van der Waals surface area contributed by atoms with E-state index in [4.69, 9.17) is 0 Å². The Morgan fingerprint density at radius 2 is 2.33 bits per heavy atom. The lowest BCUT2D eigenvalue weighted by molar-refractivity contribution is 0.545. The highest BCUT2D eigenvalue weighted by atomic mass is 127. The Labute approximate surface area is 68.0 Å². The van der Waals surface area contributed by atoms with Gasteiger partial charge >= 0.3 is 0 Å². The van der Waals surface area contributed by atoms with Gasteiger partial charge in [-0.25, -0.2) is 0 Å². The predicted octanol–water partition coefficient (Wildman–Crippen LogP) is 1.10. The van der Waals surface area contributed by atoms with Crippen molar-refractivity contribution in [2.75, 3.05) is 7.05 Å². The number of hydrazone groups is 1. The topological polar surface area (TPSA) is 28.0 Å². The minimum Gasteiger partial charge on any atom is -0.258 e. The fourth-order valence-electron chi connectivity index (χ4n) is 0.456. The maximum absolute atomic E-state index is 4.18. The Morgan fingerprint density at radius 1 is 1.67 bits per heavy atom. The van der Waals surface area contributed by atoms with Crippen molar-refractivity contribution in [3.63, 3.8) is 0 Å². The molecule has 0 bridgehead atoms. The number of alkyl halides is 1. The van der Waals surface area contributed by atoms with E-state index in [-0.39, 0.29) is 3.55 Å². The second-order valence-electron chi connectivity index (χ2n) is 2.09. The molecule has 1 aliphatic heterocycles. The molecule has 0 spiro atoms. The van der Waals surface area contributed by atoms with Gasteiger partial charge in [-0.15, -0.1) is 0 Å². The molecule has 9 heavy (non-hydrogen) atoms. The quantitative estimate of drug-likeness (QED) is 0.352. The van der Waals surface area contributed by atoms with E-state index in [1.165, 1.54) is 0 Å². The van der Waals surface area contributed by atoms with E-state index in [0.717, 1.165) is 0 Å². The van der Waals surface area contributed by atoms with Crippen LogP contribution >= 0.6 is 22.6 Å². The third-order valence-electron chi connectivity index (χ3n) is 0.953. The zero-order valence-electron chi connectivity index (χ0n) is 5.37. The van der Waals surface area contributed by atoms with Gasteiger partial charge in [0.15, 0.2) is 0 Å². The maximum atomic E-state index is 4.18. The molecule has 1 unspecified atom stereocenters. The average molecular weight is 237 g/mol. The SMILES string of the molecule is CN1C=NC(C)(I)C=N1. The van der Waals surface area contributed by atoms with Crippen LogP contribution in [0.15, 0.2) is 10.1 Å². The van der Waals surface area contributed by atoms with Gasteiger partial charge in [0, 0.05) is 7.05 Å². The van der Waals surface area contributed by atoms with Gasteiger partial charge in [0.1, 0.15) is 9.88 Å². The van der Waals surface area contributed by atoms with Crippen LogP contribution in [-0.2, 0) is 0 Å². The number of rotatable bonds is 0. The van der Waals surface area contributed by atoms with Crippen LogP contribution in [0, 0.1) is 0 Å². The molecule has 1 atom stereocenters. The molecule has 0 fully saturated rings. The highest BCUT2D eigenvalue weighted by Crippen LogP contribution is 2.18. The smallest absolute Gasteiger partial charge is 0.147 e. The van der Waals surface area contributed by atoms with Crippen LogP contribution in [0.25, 0.3) is 0 Å². The molecule has 4 heteroatoms. The molecule has 0 radical (unpaired) electrons. The molecule has 1 heterocycles. The Bertz CT molecular complexity index is 146. The molecule has 0 N–H and O–H groups in total. The van der Waals surface area contributed by atoms with Crippen molar-refractivity contribution in [3.8, 4) is 0 Å². The summed E-state index contributed by atoms with van der Waals surface area (Å²) >= 11 is 2.23. The first kappa shape index (κ1) is 6.98. The summed E-state index contributed by atoms with van der Waals surface area (Å²) < 4.78 is -0.135. The molecule has 0 aromatic heterocycles. The first-order valence-corrected chi connectivity index (χ1v) is 3.70. The summed E-state index contributed by atoms with van der Waals surface area (Å²) in [6, 6.07) is 0. The summed E-state index contributed by atoms with van der Waals surface area (Å²) in [6.45, 7) is 2.00. The van der Waals surface area contributed by atoms with Gasteiger partial charge < -0.3 is 0 Å². The van der Waals surface area contributed by atoms with Gasteiger partial charge in [-0.2, -0.15) is 5.10 Å². The summed E-state index contributed by atoms with van der Waals surface area (Å²) in [7, 11) is 1.85. The van der Waals surface area contributed by atoms with Crippen LogP contribution in [0.3, 0.4) is 0 Å². The van der Waals surface area contributed by atoms with Gasteiger partial charge in [0.05, 0.1) is 6.21 Å². The predicted molar refractivity (Wildman–Crippen MR) is 47.2 cm³/mol. The second kappa shape index (κ2) is 2.24. The number of aliphatic imine (C=N–C) groups is 1. The maximum Gasteiger partial charge on any atom is 0.147 e. The van der Waals surface area contributed by atoms with Crippen LogP contribution in [0.1, 0.15) is 6.92 Å². The first-order valence-electron chi connectivity index (χ1n) is 2.62. The fraction of sp³-hybridized carbons (Fsp3) is 0.600. The number of nitrogens with zero attached hydrogens (tertiary/aromatic N) is 3. The van der Waals surface area contributed by atoms with Gasteiger partial charge in [0.25, 0.3) is 0 Å². The zero-order chi connectivity index (χ0) is 6.91. The molecule has 1 rings (SSSR count). The van der Waals surface area contributed by atoms with Crippen molar-refractivity contribution in [1.29, 1.82) is 0 Å². The number of hydrogen-bond acceptors (Lipinski definition) is 3. The number of hydrogen-bond donors (Lipinski definition) is 0. The molecular weight excluding hydrogens is 229 g/mol. The van der Waals surface area contributed by atoms with E-state index in [1.807, 2.05) is 20.2 Å². The monoisotopic (exact) mass is 237 g/mol. The highest BCUT2D eigenvalue weighted by molar-refractivity contribution is 14.1. The van der Waals surface area contributed by atoms with Crippen molar-refractivity contribution >= 4 is 35.1 Å². The van der Waals surface area contributed by atoms with Crippen molar-refractivity contribution in [1.82, 2.24) is 5.01 Å². The normalized spacial score (nSPS) is 33.4. The van der Waals surface area contributed by atoms with E-state index < -0.39 is 0 Å². The van der Waals surface area contributed by atoms with Crippen LogP contribution in [0.2, 0.25) is 0 Å². The molecule has 0 aromatic carbocycles. The minimum atomic E-state index is -0.135. The lowest BCUT2D eigenvalue weighted by Crippen LogP contribution is -2.24. The third-order valence-corrected chi connectivity index (χ3v) is 1.51. The van der Waals surface area contributed by atoms with Crippen LogP contribution in [-0.4, -0.2) is 28.2 Å². The molecule has 0 saturated heterocycles. The molecule has 0 amide bonds. The van der Waals surface area contributed by atoms with E-state index in [2.05, 4.69) is 32.7 Å². The molecule has 0 aromatic rings. The van der Waals surface area contributed by atoms with Gasteiger partial charge in [-0.3, -0.25) is 10.0 Å². The van der Waals surface area contributed by atoms with E-state index in [1.54, 1.807) is 11.3 Å². The fourth-order valence-corrected chi connectivity index (χ4v) is 0.705. The van der Waals surface area contributed by atoms with E-state index >= 15 is 0 Å². The lowest BCUT2D eigenvalue weighted by atomic mass is 10.4. The lowest BCUT2D eigenvalue weighted by Gasteiger charge is -2.18. The van der Waals surface area contributed by atoms with Gasteiger partial charge in [-0.1, -0.05) is 0 Å². The summed E-state index contributed by atoms with van der Waals surface area (Å²) in [5, 5.41) is 5.72. The van der Waals surface area contributed by atoms with Crippen molar-refractivity contribution < 1.29 is 0 Å². The molecular formula is C5H8IN3. The Balaban J connectivity index is 2.70. The van der Waals surface area contributed by atoms with E-state index in [0.29, 0.717) is 0 Å². The van der Waals surface area contributed by atoms with E-state index in [9.17, 15) is 0 Å². The summed E-state index contributed by atoms with van der Waals surface area (Å²) in [4.78, 5) is 4.18. The zero-order valence-corrected chi connectivity index (χ0v) is 7.53. The minimum absolute atomic E-state index is 0.135. The molecule has 50 valence electrons. The Hall–Kier alpha value is -0.130. The van der Waals surface area contributed by atoms with Gasteiger partial charge in [-0.05, 0) is 29.5 Å². The van der Waals surface area contributed by atoms with Crippen molar-refractivity contribution in [3.05, 3.63) is 0 Å². The van der Waals surface area contributed by atoms with Crippen LogP contribution in [0.5, 0.6) is 0 Å². The Kier molecular flexibility index (Phi) is 1.74. The van der Waals surface area contributed by atoms with Crippen molar-refractivity contribution in [2.45, 2.75) is 10.5 Å². The van der Waals surface area contributed by atoms with Crippen molar-refractivity contribution in [2.24, 2.45) is 10.1 Å². The summed E-state index contributed by atoms with van der Waals surface area (Å²) in [5.74, 6) is 0. The molecule has 0 saturated carbocycles. The standard InChI is InChI=1S/C5H8IN3/c1-5(6)3-8-9(2)4-7-5/h3-4H,1-2H3. The average Bonchev–Trinajstić information content (AvgIpc) is 1.78. The molecule has 1 aliphatic rings. The molecule has 0 aliphatic carbocycles. The van der Waals surface area contributed by atoms with Crippen LogP contribution < -0.4 is 0 Å². The molecule has 3 nitrogen and oxygen atoms in total. The summed E-state index contributed by atoms with van der Waals surface area (Å²) in [5.41, 5.74) is 0. The highest BCUT2D eigenvalue weighted by Gasteiger charge is 2.16.